The number of nitrogens with zero attached hydrogens (tertiary/aromatic N) is 1. The number of hydrogen-bond acceptors (Lipinski definition) is 6. The average molecular weight is 323 g/mol. The molecule has 0 saturated carbocycles. The number of para-hydroxylation sites is 1. The van der Waals surface area contributed by atoms with Crippen LogP contribution in [0.2, 0.25) is 0 Å². The van der Waals surface area contributed by atoms with Gasteiger partial charge in [-0.1, -0.05) is 30.8 Å². The van der Waals surface area contributed by atoms with E-state index < -0.39 is 0 Å². The van der Waals surface area contributed by atoms with E-state index in [9.17, 15) is 4.79 Å². The molecular formula is C15H17NO3S2. The van der Waals surface area contributed by atoms with Crippen molar-refractivity contribution in [1.29, 1.82) is 0 Å². The lowest BCUT2D eigenvalue weighted by Crippen LogP contribution is -1.97. The smallest absolute Gasteiger partial charge is 0.244 e. The molecule has 6 heteroatoms. The summed E-state index contributed by atoms with van der Waals surface area (Å²) >= 11 is 2.75. The number of benzene rings is 1. The number of thioether (sulfide) groups is 2. The number of ether oxygens (including phenoxy) is 2. The maximum Gasteiger partial charge on any atom is 0.244 e. The summed E-state index contributed by atoms with van der Waals surface area (Å²) in [4.78, 5) is 16.3. The molecule has 0 N–H and O–H groups in total. The van der Waals surface area contributed by atoms with Gasteiger partial charge in [-0.15, -0.1) is 0 Å². The second-order valence-corrected chi connectivity index (χ2v) is 6.51. The SMILES string of the molecule is CCOc1cccc(C=C2N=C(SCC)SC2=O)c1OC. The van der Waals surface area contributed by atoms with E-state index in [1.165, 1.54) is 11.8 Å². The molecule has 0 spiro atoms. The van der Waals surface area contributed by atoms with E-state index in [2.05, 4.69) is 4.99 Å². The third-order valence-corrected chi connectivity index (χ3v) is 4.57. The molecule has 1 heterocycles. The normalized spacial score (nSPS) is 16.2. The van der Waals surface area contributed by atoms with E-state index in [-0.39, 0.29) is 5.12 Å². The molecule has 1 aliphatic rings. The molecule has 0 fully saturated rings. The van der Waals surface area contributed by atoms with Crippen molar-refractivity contribution in [2.45, 2.75) is 13.8 Å². The van der Waals surface area contributed by atoms with Crippen LogP contribution in [0.1, 0.15) is 19.4 Å². The van der Waals surface area contributed by atoms with Crippen LogP contribution in [0.3, 0.4) is 0 Å². The Balaban J connectivity index is 2.36. The molecule has 0 amide bonds. The zero-order valence-electron chi connectivity index (χ0n) is 12.2. The lowest BCUT2D eigenvalue weighted by atomic mass is 10.1. The quantitative estimate of drug-likeness (QED) is 0.771. The van der Waals surface area contributed by atoms with Crippen LogP contribution in [-0.2, 0) is 4.79 Å². The van der Waals surface area contributed by atoms with Crippen LogP contribution in [0.25, 0.3) is 6.08 Å². The maximum atomic E-state index is 12.0. The van der Waals surface area contributed by atoms with Crippen molar-refractivity contribution in [3.05, 3.63) is 29.5 Å². The largest absolute Gasteiger partial charge is 0.492 e. The maximum absolute atomic E-state index is 12.0. The number of rotatable bonds is 5. The highest BCUT2D eigenvalue weighted by Gasteiger charge is 2.22. The fourth-order valence-corrected chi connectivity index (χ4v) is 3.59. The lowest BCUT2D eigenvalue weighted by molar-refractivity contribution is -0.107. The first-order valence-corrected chi connectivity index (χ1v) is 8.45. The van der Waals surface area contributed by atoms with Gasteiger partial charge in [-0.3, -0.25) is 4.79 Å². The highest BCUT2D eigenvalue weighted by molar-refractivity contribution is 8.45. The van der Waals surface area contributed by atoms with Crippen LogP contribution >= 0.6 is 23.5 Å². The van der Waals surface area contributed by atoms with Crippen molar-refractivity contribution in [2.75, 3.05) is 19.5 Å². The van der Waals surface area contributed by atoms with E-state index in [0.29, 0.717) is 23.8 Å². The molecule has 0 saturated heterocycles. The van der Waals surface area contributed by atoms with Gasteiger partial charge in [-0.25, -0.2) is 4.99 Å². The first kappa shape index (κ1) is 16.0. The van der Waals surface area contributed by atoms with Crippen molar-refractivity contribution in [3.8, 4) is 11.5 Å². The Morgan fingerprint density at radius 1 is 1.38 bits per heavy atom. The number of methoxy groups -OCH3 is 1. The van der Waals surface area contributed by atoms with Crippen molar-refractivity contribution in [1.82, 2.24) is 0 Å². The molecule has 4 nitrogen and oxygen atoms in total. The topological polar surface area (TPSA) is 47.9 Å². The summed E-state index contributed by atoms with van der Waals surface area (Å²) in [6.45, 7) is 4.51. The summed E-state index contributed by atoms with van der Waals surface area (Å²) in [7, 11) is 1.59. The first-order valence-electron chi connectivity index (χ1n) is 6.64. The van der Waals surface area contributed by atoms with Gasteiger partial charge in [0.25, 0.3) is 0 Å². The zero-order valence-corrected chi connectivity index (χ0v) is 13.8. The fourth-order valence-electron chi connectivity index (χ4n) is 1.86. The molecular weight excluding hydrogens is 306 g/mol. The minimum atomic E-state index is -0.0326. The first-order chi connectivity index (χ1) is 10.2. The van der Waals surface area contributed by atoms with Gasteiger partial charge in [0.15, 0.2) is 11.5 Å². The number of carbonyl (C=O) groups excluding carboxylic acids is 1. The Kier molecular flexibility index (Phi) is 5.76. The van der Waals surface area contributed by atoms with E-state index in [1.807, 2.05) is 32.0 Å². The summed E-state index contributed by atoms with van der Waals surface area (Å²) in [5, 5.41) is -0.0326. The van der Waals surface area contributed by atoms with Crippen LogP contribution in [0.15, 0.2) is 28.9 Å². The molecule has 0 radical (unpaired) electrons. The van der Waals surface area contributed by atoms with Gasteiger partial charge in [0, 0.05) is 5.56 Å². The minimum Gasteiger partial charge on any atom is -0.492 e. The van der Waals surface area contributed by atoms with E-state index >= 15 is 0 Å². The zero-order chi connectivity index (χ0) is 15.2. The van der Waals surface area contributed by atoms with E-state index in [0.717, 1.165) is 15.7 Å². The molecule has 1 aliphatic heterocycles. The molecule has 0 aliphatic carbocycles. The predicted molar refractivity (Wildman–Crippen MR) is 90.3 cm³/mol. The standard InChI is InChI=1S/C15H17NO3S2/c1-4-19-12-8-6-7-10(13(12)18-3)9-11-14(17)21-15(16-11)20-5-2/h6-9H,4-5H2,1-3H3. The summed E-state index contributed by atoms with van der Waals surface area (Å²) in [6.07, 6.45) is 1.75. The van der Waals surface area contributed by atoms with Crippen molar-refractivity contribution >= 4 is 39.1 Å². The summed E-state index contributed by atoms with van der Waals surface area (Å²) in [6, 6.07) is 5.60. The van der Waals surface area contributed by atoms with Crippen LogP contribution in [0.5, 0.6) is 11.5 Å². The van der Waals surface area contributed by atoms with Gasteiger partial charge in [-0.2, -0.15) is 0 Å². The molecule has 2 rings (SSSR count). The number of aliphatic imine (C=N–C) groups is 1. The lowest BCUT2D eigenvalue weighted by Gasteiger charge is -2.11. The van der Waals surface area contributed by atoms with Gasteiger partial charge >= 0.3 is 0 Å². The Morgan fingerprint density at radius 2 is 2.19 bits per heavy atom. The van der Waals surface area contributed by atoms with Gasteiger partial charge in [0.2, 0.25) is 5.12 Å². The highest BCUT2D eigenvalue weighted by Crippen LogP contribution is 2.35. The van der Waals surface area contributed by atoms with Crippen molar-refractivity contribution in [2.24, 2.45) is 4.99 Å². The number of hydrogen-bond donors (Lipinski definition) is 0. The summed E-state index contributed by atoms with van der Waals surface area (Å²) < 4.78 is 11.7. The summed E-state index contributed by atoms with van der Waals surface area (Å²) in [5.41, 5.74) is 1.24. The van der Waals surface area contributed by atoms with Gasteiger partial charge in [-0.05, 0) is 36.6 Å². The molecule has 0 bridgehead atoms. The minimum absolute atomic E-state index is 0.0326. The molecule has 1 aromatic carbocycles. The fraction of sp³-hybridized carbons (Fsp3) is 0.333. The number of carbonyl (C=O) groups is 1. The van der Waals surface area contributed by atoms with E-state index in [4.69, 9.17) is 9.47 Å². The Labute approximate surface area is 133 Å². The predicted octanol–water partition coefficient (Wildman–Crippen LogP) is 3.82. The average Bonchev–Trinajstić information content (AvgIpc) is 2.80. The molecule has 1 aromatic rings. The summed E-state index contributed by atoms with van der Waals surface area (Å²) in [5.74, 6) is 2.19. The van der Waals surface area contributed by atoms with Gasteiger partial charge in [0.05, 0.1) is 13.7 Å². The third-order valence-electron chi connectivity index (χ3n) is 2.67. The second kappa shape index (κ2) is 7.56. The van der Waals surface area contributed by atoms with Crippen LogP contribution in [0, 0.1) is 0 Å². The van der Waals surface area contributed by atoms with Crippen LogP contribution in [-0.4, -0.2) is 29.0 Å². The van der Waals surface area contributed by atoms with Crippen molar-refractivity contribution < 1.29 is 14.3 Å². The monoisotopic (exact) mass is 323 g/mol. The molecule has 112 valence electrons. The van der Waals surface area contributed by atoms with E-state index in [1.54, 1.807) is 24.9 Å². The molecule has 21 heavy (non-hydrogen) atoms. The molecule has 0 unspecified atom stereocenters. The second-order valence-electron chi connectivity index (χ2n) is 4.04. The molecule has 0 aromatic heterocycles. The Bertz CT molecular complexity index is 597. The highest BCUT2D eigenvalue weighted by atomic mass is 32.2. The van der Waals surface area contributed by atoms with Crippen molar-refractivity contribution in [3.63, 3.8) is 0 Å². The van der Waals surface area contributed by atoms with Gasteiger partial charge in [0.1, 0.15) is 10.1 Å². The van der Waals surface area contributed by atoms with Gasteiger partial charge < -0.3 is 9.47 Å². The third kappa shape index (κ3) is 3.83. The molecule has 0 atom stereocenters. The Hall–Kier alpha value is -1.40. The Morgan fingerprint density at radius 3 is 2.86 bits per heavy atom. The van der Waals surface area contributed by atoms with Crippen LogP contribution < -0.4 is 9.47 Å². The van der Waals surface area contributed by atoms with Crippen LogP contribution in [0.4, 0.5) is 0 Å².